The lowest BCUT2D eigenvalue weighted by Crippen LogP contribution is -2.35. The van der Waals surface area contributed by atoms with Gasteiger partial charge in [0.1, 0.15) is 0 Å². The van der Waals surface area contributed by atoms with E-state index in [1.165, 1.54) is 0 Å². The van der Waals surface area contributed by atoms with Gasteiger partial charge in [-0.25, -0.2) is 4.79 Å². The summed E-state index contributed by atoms with van der Waals surface area (Å²) in [7, 11) is 0. The van der Waals surface area contributed by atoms with Gasteiger partial charge in [0.05, 0.1) is 18.2 Å². The van der Waals surface area contributed by atoms with Crippen molar-refractivity contribution < 1.29 is 9.59 Å². The molecule has 0 saturated carbocycles. The Kier molecular flexibility index (Phi) is 5.72. The summed E-state index contributed by atoms with van der Waals surface area (Å²) in [5.41, 5.74) is 1.69. The Labute approximate surface area is 141 Å². The van der Waals surface area contributed by atoms with Crippen molar-refractivity contribution in [2.45, 2.75) is 0 Å². The maximum absolute atomic E-state index is 11.7. The highest BCUT2D eigenvalue weighted by molar-refractivity contribution is 9.10. The lowest BCUT2D eigenvalue weighted by molar-refractivity contribution is -0.115. The van der Waals surface area contributed by atoms with Crippen molar-refractivity contribution in [3.63, 3.8) is 0 Å². The van der Waals surface area contributed by atoms with E-state index >= 15 is 0 Å². The minimum absolute atomic E-state index is 0.155. The van der Waals surface area contributed by atoms with Crippen LogP contribution in [-0.4, -0.2) is 18.5 Å². The number of urea groups is 1. The first-order chi connectivity index (χ1) is 11.1. The number of hydrogen-bond acceptors (Lipinski definition) is 3. The van der Waals surface area contributed by atoms with Crippen LogP contribution in [0.15, 0.2) is 53.0 Å². The van der Waals surface area contributed by atoms with Crippen molar-refractivity contribution in [1.29, 1.82) is 5.26 Å². The van der Waals surface area contributed by atoms with E-state index in [0.717, 1.165) is 4.47 Å². The van der Waals surface area contributed by atoms with Crippen LogP contribution in [0.1, 0.15) is 5.56 Å². The van der Waals surface area contributed by atoms with Gasteiger partial charge in [-0.3, -0.25) is 4.79 Å². The zero-order valence-corrected chi connectivity index (χ0v) is 13.6. The number of carbonyl (C=O) groups excluding carboxylic acids is 2. The predicted octanol–water partition coefficient (Wildman–Crippen LogP) is 3.08. The lowest BCUT2D eigenvalue weighted by Gasteiger charge is -2.08. The topological polar surface area (TPSA) is 94.0 Å². The average Bonchev–Trinajstić information content (AvgIpc) is 2.56. The van der Waals surface area contributed by atoms with Crippen LogP contribution in [0.4, 0.5) is 16.2 Å². The number of nitrogens with zero attached hydrogens (tertiary/aromatic N) is 1. The maximum Gasteiger partial charge on any atom is 0.319 e. The summed E-state index contributed by atoms with van der Waals surface area (Å²) in [5.74, 6) is -0.331. The van der Waals surface area contributed by atoms with Gasteiger partial charge < -0.3 is 16.0 Å². The molecule has 0 aliphatic carbocycles. The largest absolute Gasteiger partial charge is 0.329 e. The summed E-state index contributed by atoms with van der Waals surface area (Å²) >= 11 is 3.31. The number of anilines is 2. The molecule has 116 valence electrons. The number of carbonyl (C=O) groups is 2. The number of benzene rings is 2. The summed E-state index contributed by atoms with van der Waals surface area (Å²) in [6, 6.07) is 15.0. The molecular weight excluding hydrogens is 360 g/mol. The number of rotatable bonds is 4. The van der Waals surface area contributed by atoms with Crippen LogP contribution in [0.2, 0.25) is 0 Å². The van der Waals surface area contributed by atoms with E-state index < -0.39 is 6.03 Å². The van der Waals surface area contributed by atoms with Gasteiger partial charge in [0.25, 0.3) is 0 Å². The van der Waals surface area contributed by atoms with E-state index in [1.54, 1.807) is 48.5 Å². The normalized spacial score (nSPS) is 9.57. The molecule has 0 spiro atoms. The van der Waals surface area contributed by atoms with Crippen LogP contribution >= 0.6 is 15.9 Å². The Hall–Kier alpha value is -2.85. The third-order valence-corrected chi connectivity index (χ3v) is 3.34. The monoisotopic (exact) mass is 372 g/mol. The molecule has 2 rings (SSSR count). The van der Waals surface area contributed by atoms with Gasteiger partial charge in [-0.15, -0.1) is 0 Å². The van der Waals surface area contributed by atoms with E-state index in [0.29, 0.717) is 16.9 Å². The van der Waals surface area contributed by atoms with Crippen LogP contribution in [0.25, 0.3) is 0 Å². The third kappa shape index (κ3) is 5.45. The molecule has 23 heavy (non-hydrogen) atoms. The van der Waals surface area contributed by atoms with E-state index in [9.17, 15) is 9.59 Å². The van der Waals surface area contributed by atoms with Crippen molar-refractivity contribution in [2.75, 3.05) is 17.2 Å². The molecule has 0 unspecified atom stereocenters. The molecule has 0 heterocycles. The van der Waals surface area contributed by atoms with Crippen molar-refractivity contribution in [2.24, 2.45) is 0 Å². The number of halogens is 1. The van der Waals surface area contributed by atoms with Crippen LogP contribution in [0.3, 0.4) is 0 Å². The number of nitriles is 1. The van der Waals surface area contributed by atoms with Crippen LogP contribution in [0, 0.1) is 11.3 Å². The molecular formula is C16H13BrN4O2. The highest BCUT2D eigenvalue weighted by Gasteiger charge is 2.06. The number of nitrogens with one attached hydrogen (secondary N) is 3. The molecule has 2 aromatic carbocycles. The molecule has 0 aliphatic rings. The van der Waals surface area contributed by atoms with Gasteiger partial charge in [-0.2, -0.15) is 5.26 Å². The minimum Gasteiger partial charge on any atom is -0.329 e. The summed E-state index contributed by atoms with van der Waals surface area (Å²) in [5, 5.41) is 16.4. The predicted molar refractivity (Wildman–Crippen MR) is 91.0 cm³/mol. The smallest absolute Gasteiger partial charge is 0.319 e. The first kappa shape index (κ1) is 16.5. The quantitative estimate of drug-likeness (QED) is 0.769. The average molecular weight is 373 g/mol. The van der Waals surface area contributed by atoms with E-state index in [2.05, 4.69) is 31.9 Å². The van der Waals surface area contributed by atoms with Gasteiger partial charge >= 0.3 is 6.03 Å². The summed E-state index contributed by atoms with van der Waals surface area (Å²) in [6.45, 7) is -0.155. The lowest BCUT2D eigenvalue weighted by atomic mass is 10.2. The van der Waals surface area contributed by atoms with Crippen LogP contribution in [0.5, 0.6) is 0 Å². The minimum atomic E-state index is -0.499. The second kappa shape index (κ2) is 7.96. The van der Waals surface area contributed by atoms with Gasteiger partial charge in [0.15, 0.2) is 0 Å². The van der Waals surface area contributed by atoms with Crippen molar-refractivity contribution in [3.8, 4) is 6.07 Å². The fraction of sp³-hybridized carbons (Fsp3) is 0.0625. The molecule has 0 radical (unpaired) electrons. The zero-order chi connectivity index (χ0) is 16.7. The Morgan fingerprint density at radius 2 is 1.52 bits per heavy atom. The Balaban J connectivity index is 1.78. The molecule has 2 aromatic rings. The Morgan fingerprint density at radius 1 is 0.957 bits per heavy atom. The highest BCUT2D eigenvalue weighted by Crippen LogP contribution is 2.13. The fourth-order valence-electron chi connectivity index (χ4n) is 1.70. The van der Waals surface area contributed by atoms with E-state index in [4.69, 9.17) is 5.26 Å². The Bertz CT molecular complexity index is 736. The third-order valence-electron chi connectivity index (χ3n) is 2.81. The zero-order valence-electron chi connectivity index (χ0n) is 12.0. The molecule has 0 saturated heterocycles. The molecule has 0 atom stereocenters. The van der Waals surface area contributed by atoms with Gasteiger partial charge in [0, 0.05) is 15.8 Å². The molecule has 3 N–H and O–H groups in total. The summed E-state index contributed by atoms with van der Waals surface area (Å²) in [4.78, 5) is 23.4. The van der Waals surface area contributed by atoms with E-state index in [1.807, 2.05) is 6.07 Å². The summed E-state index contributed by atoms with van der Waals surface area (Å²) in [6.07, 6.45) is 0. The molecule has 6 nitrogen and oxygen atoms in total. The fourth-order valence-corrected chi connectivity index (χ4v) is 1.97. The Morgan fingerprint density at radius 3 is 2.13 bits per heavy atom. The SMILES string of the molecule is N#Cc1ccc(NC(=O)NCC(=O)Nc2ccc(Br)cc2)cc1. The highest BCUT2D eigenvalue weighted by atomic mass is 79.9. The summed E-state index contributed by atoms with van der Waals surface area (Å²) < 4.78 is 0.912. The van der Waals surface area contributed by atoms with Crippen LogP contribution < -0.4 is 16.0 Å². The molecule has 0 aliphatic heterocycles. The van der Waals surface area contributed by atoms with Crippen molar-refractivity contribution >= 4 is 39.2 Å². The van der Waals surface area contributed by atoms with Gasteiger partial charge in [-0.1, -0.05) is 15.9 Å². The maximum atomic E-state index is 11.7. The molecule has 0 aromatic heterocycles. The molecule has 3 amide bonds. The van der Waals surface area contributed by atoms with Gasteiger partial charge in [-0.05, 0) is 48.5 Å². The second-order valence-electron chi connectivity index (χ2n) is 4.55. The molecule has 0 bridgehead atoms. The van der Waals surface area contributed by atoms with Crippen molar-refractivity contribution in [3.05, 3.63) is 58.6 Å². The standard InChI is InChI=1S/C16H13BrN4O2/c17-12-3-7-13(8-4-12)20-15(22)10-19-16(23)21-14-5-1-11(9-18)2-6-14/h1-8H,10H2,(H,20,22)(H2,19,21,23). The van der Waals surface area contributed by atoms with E-state index in [-0.39, 0.29) is 12.5 Å². The first-order valence-electron chi connectivity index (χ1n) is 6.67. The number of amides is 3. The van der Waals surface area contributed by atoms with Crippen molar-refractivity contribution in [1.82, 2.24) is 5.32 Å². The van der Waals surface area contributed by atoms with Crippen LogP contribution in [-0.2, 0) is 4.79 Å². The molecule has 7 heteroatoms. The second-order valence-corrected chi connectivity index (χ2v) is 5.47. The molecule has 0 fully saturated rings. The number of hydrogen-bond donors (Lipinski definition) is 3. The van der Waals surface area contributed by atoms with Gasteiger partial charge in [0.2, 0.25) is 5.91 Å². The first-order valence-corrected chi connectivity index (χ1v) is 7.46.